The summed E-state index contributed by atoms with van der Waals surface area (Å²) in [6.07, 6.45) is 0. The molecule has 0 bridgehead atoms. The van der Waals surface area contributed by atoms with Crippen LogP contribution in [0.5, 0.6) is 5.75 Å². The van der Waals surface area contributed by atoms with Gasteiger partial charge < -0.3 is 9.84 Å². The first-order chi connectivity index (χ1) is 8.65. The maximum absolute atomic E-state index is 9.24. The lowest BCUT2D eigenvalue weighted by Gasteiger charge is -2.09. The van der Waals surface area contributed by atoms with Crippen LogP contribution in [0.15, 0.2) is 24.3 Å². The molecule has 2 aromatic rings. The van der Waals surface area contributed by atoms with E-state index in [0.717, 1.165) is 28.3 Å². The van der Waals surface area contributed by atoms with Crippen molar-refractivity contribution in [2.75, 3.05) is 7.11 Å². The molecule has 0 spiro atoms. The second kappa shape index (κ2) is 5.14. The molecule has 18 heavy (non-hydrogen) atoms. The van der Waals surface area contributed by atoms with Crippen molar-refractivity contribution in [1.29, 1.82) is 0 Å². The fourth-order valence-electron chi connectivity index (χ4n) is 1.86. The Kier molecular flexibility index (Phi) is 3.58. The minimum Gasteiger partial charge on any atom is -0.497 e. The number of methoxy groups -OCH3 is 1. The molecule has 1 aromatic carbocycles. The molecule has 0 radical (unpaired) electrons. The van der Waals surface area contributed by atoms with Gasteiger partial charge >= 0.3 is 0 Å². The van der Waals surface area contributed by atoms with Crippen molar-refractivity contribution in [2.24, 2.45) is 0 Å². The lowest BCUT2D eigenvalue weighted by Crippen LogP contribution is -2.02. The van der Waals surface area contributed by atoms with E-state index in [1.807, 2.05) is 38.1 Å². The van der Waals surface area contributed by atoms with E-state index in [1.165, 1.54) is 0 Å². The van der Waals surface area contributed by atoms with Gasteiger partial charge in [-0.15, -0.1) is 0 Å². The highest BCUT2D eigenvalue weighted by Crippen LogP contribution is 2.22. The van der Waals surface area contributed by atoms with Gasteiger partial charge in [0, 0.05) is 22.5 Å². The molecule has 4 nitrogen and oxygen atoms in total. The molecular formula is C14H16N2O2. The predicted octanol–water partition coefficient (Wildman–Crippen LogP) is 2.26. The number of benzene rings is 1. The smallest absolute Gasteiger partial charge is 0.159 e. The molecule has 0 aliphatic carbocycles. The average Bonchev–Trinajstić information content (AvgIpc) is 2.38. The Morgan fingerprint density at radius 3 is 2.39 bits per heavy atom. The van der Waals surface area contributed by atoms with E-state index >= 15 is 0 Å². The summed E-state index contributed by atoms with van der Waals surface area (Å²) in [5, 5.41) is 9.24. The van der Waals surface area contributed by atoms with Gasteiger partial charge in [-0.3, -0.25) is 0 Å². The van der Waals surface area contributed by atoms with Gasteiger partial charge in [0.05, 0.1) is 13.7 Å². The third-order valence-electron chi connectivity index (χ3n) is 2.91. The summed E-state index contributed by atoms with van der Waals surface area (Å²) in [7, 11) is 1.63. The number of hydrogen-bond acceptors (Lipinski definition) is 4. The maximum atomic E-state index is 9.24. The molecule has 0 atom stereocenters. The highest BCUT2D eigenvalue weighted by atomic mass is 16.5. The van der Waals surface area contributed by atoms with E-state index in [4.69, 9.17) is 4.74 Å². The van der Waals surface area contributed by atoms with Crippen LogP contribution in [0.25, 0.3) is 11.4 Å². The Balaban J connectivity index is 2.51. The molecular weight excluding hydrogens is 228 g/mol. The number of rotatable bonds is 3. The predicted molar refractivity (Wildman–Crippen MR) is 69.4 cm³/mol. The van der Waals surface area contributed by atoms with Gasteiger partial charge in [0.2, 0.25) is 0 Å². The quantitative estimate of drug-likeness (QED) is 0.899. The second-order valence-corrected chi connectivity index (χ2v) is 4.09. The first-order valence-electron chi connectivity index (χ1n) is 5.75. The van der Waals surface area contributed by atoms with Gasteiger partial charge in [-0.05, 0) is 26.0 Å². The molecule has 4 heteroatoms. The lowest BCUT2D eigenvalue weighted by atomic mass is 10.1. The van der Waals surface area contributed by atoms with E-state index in [2.05, 4.69) is 9.97 Å². The molecule has 1 N–H and O–H groups in total. The number of aryl methyl sites for hydroxylation is 2. The van der Waals surface area contributed by atoms with Crippen molar-refractivity contribution >= 4 is 0 Å². The Morgan fingerprint density at radius 2 is 1.83 bits per heavy atom. The van der Waals surface area contributed by atoms with Crippen LogP contribution >= 0.6 is 0 Å². The van der Waals surface area contributed by atoms with E-state index < -0.39 is 0 Å². The van der Waals surface area contributed by atoms with Crippen LogP contribution < -0.4 is 4.74 Å². The molecule has 1 aromatic heterocycles. The zero-order valence-corrected chi connectivity index (χ0v) is 10.8. The summed E-state index contributed by atoms with van der Waals surface area (Å²) in [4.78, 5) is 8.85. The van der Waals surface area contributed by atoms with Crippen molar-refractivity contribution < 1.29 is 9.84 Å². The lowest BCUT2D eigenvalue weighted by molar-refractivity contribution is 0.279. The van der Waals surface area contributed by atoms with E-state index in [0.29, 0.717) is 5.82 Å². The number of hydrogen-bond donors (Lipinski definition) is 1. The van der Waals surface area contributed by atoms with Crippen LogP contribution in [-0.2, 0) is 6.61 Å². The second-order valence-electron chi connectivity index (χ2n) is 4.09. The fraction of sp³-hybridized carbons (Fsp3) is 0.286. The molecule has 0 unspecified atom stereocenters. The van der Waals surface area contributed by atoms with Crippen LogP contribution in [-0.4, -0.2) is 22.2 Å². The summed E-state index contributed by atoms with van der Waals surface area (Å²) in [5.41, 5.74) is 3.32. The molecule has 0 saturated carbocycles. The van der Waals surface area contributed by atoms with E-state index in [-0.39, 0.29) is 6.61 Å². The molecule has 0 saturated heterocycles. The van der Waals surface area contributed by atoms with Crippen LogP contribution in [0.4, 0.5) is 0 Å². The molecule has 0 fully saturated rings. The number of ether oxygens (including phenoxy) is 1. The number of aromatic nitrogens is 2. The zero-order valence-electron chi connectivity index (χ0n) is 10.8. The maximum Gasteiger partial charge on any atom is 0.159 e. The van der Waals surface area contributed by atoms with Crippen molar-refractivity contribution in [3.05, 3.63) is 41.2 Å². The number of nitrogens with zero attached hydrogens (tertiary/aromatic N) is 2. The monoisotopic (exact) mass is 244 g/mol. The first-order valence-corrected chi connectivity index (χ1v) is 5.75. The normalized spacial score (nSPS) is 10.4. The summed E-state index contributed by atoms with van der Waals surface area (Å²) in [5.74, 6) is 1.43. The van der Waals surface area contributed by atoms with Crippen LogP contribution in [0, 0.1) is 13.8 Å². The molecule has 0 amide bonds. The zero-order chi connectivity index (χ0) is 13.1. The van der Waals surface area contributed by atoms with Crippen LogP contribution in [0.2, 0.25) is 0 Å². The Morgan fingerprint density at radius 1 is 1.17 bits per heavy atom. The van der Waals surface area contributed by atoms with Gasteiger partial charge in [0.1, 0.15) is 5.75 Å². The summed E-state index contributed by atoms with van der Waals surface area (Å²) in [6.45, 7) is 3.73. The van der Waals surface area contributed by atoms with E-state index in [9.17, 15) is 5.11 Å². The minimum atomic E-state index is -0.0317. The molecule has 0 aliphatic heterocycles. The van der Waals surface area contributed by atoms with Crippen molar-refractivity contribution in [2.45, 2.75) is 20.5 Å². The topological polar surface area (TPSA) is 55.2 Å². The third-order valence-corrected chi connectivity index (χ3v) is 2.91. The Hall–Kier alpha value is -1.94. The van der Waals surface area contributed by atoms with Crippen LogP contribution in [0.1, 0.15) is 17.0 Å². The fourth-order valence-corrected chi connectivity index (χ4v) is 1.86. The highest BCUT2D eigenvalue weighted by molar-refractivity contribution is 5.58. The Bertz CT molecular complexity index is 544. The minimum absolute atomic E-state index is 0.0317. The standard InChI is InChI=1S/C14H16N2O2/c1-9-13(8-17)10(2)16-14(15-9)11-5-4-6-12(7-11)18-3/h4-7,17H,8H2,1-3H3. The molecule has 2 rings (SSSR count). The van der Waals surface area contributed by atoms with Gasteiger partial charge in [0.15, 0.2) is 5.82 Å². The summed E-state index contributed by atoms with van der Waals surface area (Å²) in [6, 6.07) is 7.62. The Labute approximate surface area is 106 Å². The first kappa shape index (κ1) is 12.5. The third kappa shape index (κ3) is 2.33. The highest BCUT2D eigenvalue weighted by Gasteiger charge is 2.09. The van der Waals surface area contributed by atoms with Crippen molar-refractivity contribution in [1.82, 2.24) is 9.97 Å². The average molecular weight is 244 g/mol. The molecule has 0 aliphatic rings. The largest absolute Gasteiger partial charge is 0.497 e. The SMILES string of the molecule is COc1cccc(-c2nc(C)c(CO)c(C)n2)c1. The summed E-state index contributed by atoms with van der Waals surface area (Å²) >= 11 is 0. The van der Waals surface area contributed by atoms with Crippen molar-refractivity contribution in [3.63, 3.8) is 0 Å². The molecule has 94 valence electrons. The van der Waals surface area contributed by atoms with E-state index in [1.54, 1.807) is 7.11 Å². The van der Waals surface area contributed by atoms with Gasteiger partial charge in [-0.25, -0.2) is 9.97 Å². The van der Waals surface area contributed by atoms with Gasteiger partial charge in [-0.2, -0.15) is 0 Å². The van der Waals surface area contributed by atoms with Crippen molar-refractivity contribution in [3.8, 4) is 17.1 Å². The number of aliphatic hydroxyl groups is 1. The van der Waals surface area contributed by atoms with Crippen LogP contribution in [0.3, 0.4) is 0 Å². The summed E-state index contributed by atoms with van der Waals surface area (Å²) < 4.78 is 5.19. The molecule has 1 heterocycles. The number of aliphatic hydroxyl groups excluding tert-OH is 1. The van der Waals surface area contributed by atoms with Gasteiger partial charge in [0.25, 0.3) is 0 Å². The van der Waals surface area contributed by atoms with Gasteiger partial charge in [-0.1, -0.05) is 12.1 Å².